The molecule has 0 aliphatic heterocycles. The van der Waals surface area contributed by atoms with E-state index in [1.54, 1.807) is 0 Å². The molecule has 0 unspecified atom stereocenters. The average molecular weight is 480 g/mol. The van der Waals surface area contributed by atoms with Gasteiger partial charge in [0.25, 0.3) is 0 Å². The van der Waals surface area contributed by atoms with Crippen LogP contribution in [-0.2, 0) is 25.9 Å². The van der Waals surface area contributed by atoms with Crippen LogP contribution in [0.5, 0.6) is 0 Å². The van der Waals surface area contributed by atoms with Crippen molar-refractivity contribution >= 4 is 39.4 Å². The molecular weight excluding hydrogens is 469 g/mol. The Balaban J connectivity index is 0.000000494. The van der Waals surface area contributed by atoms with Crippen molar-refractivity contribution in [2.45, 2.75) is 0 Å². The van der Waals surface area contributed by atoms with Crippen LogP contribution < -0.4 is 0 Å². The molecule has 0 aliphatic carbocycles. The van der Waals surface area contributed by atoms with Gasteiger partial charge in [-0.05, 0) is 17.5 Å². The molecule has 2 heterocycles. The van der Waals surface area contributed by atoms with E-state index in [9.17, 15) is 0 Å². The third-order valence-electron chi connectivity index (χ3n) is 3.33. The molecule has 0 bridgehead atoms. The number of aromatic nitrogens is 2. The zero-order valence-electron chi connectivity index (χ0n) is 11.9. The van der Waals surface area contributed by atoms with E-state index in [1.165, 1.54) is 5.39 Å². The Kier molecular flexibility index (Phi) is 6.99. The van der Waals surface area contributed by atoms with E-state index in [2.05, 4.69) is 53.2 Å². The fraction of sp³-hybridized carbons (Fsp3) is 0. The molecule has 0 aliphatic rings. The van der Waals surface area contributed by atoms with Crippen molar-refractivity contribution in [2.75, 3.05) is 0 Å². The monoisotopic (exact) mass is 480 g/mol. The van der Waals surface area contributed by atoms with Crippen molar-refractivity contribution in [1.82, 2.24) is 9.97 Å². The second kappa shape index (κ2) is 8.72. The van der Waals surface area contributed by atoms with Gasteiger partial charge in [-0.25, -0.2) is 0 Å². The molecule has 0 radical (unpaired) electrons. The van der Waals surface area contributed by atoms with Crippen LogP contribution >= 0.6 is 0 Å². The van der Waals surface area contributed by atoms with Crippen LogP contribution in [0, 0.1) is 11.8 Å². The minimum absolute atomic E-state index is 0. The average Bonchev–Trinajstić information content (AvgIpc) is 2.64. The molecule has 0 amide bonds. The number of hydrogen-bond donors (Lipinski definition) is 0. The minimum atomic E-state index is 0. The first-order valence-corrected chi connectivity index (χ1v) is 6.40. The van der Waals surface area contributed by atoms with E-state index < -0.39 is 0 Å². The van der Waals surface area contributed by atoms with E-state index in [4.69, 9.17) is 16.6 Å². The normalized spacial score (nSPS) is 9.13. The first kappa shape index (κ1) is 18.4. The van der Waals surface area contributed by atoms with Gasteiger partial charge in [-0.1, -0.05) is 36.4 Å². The van der Waals surface area contributed by atoms with Crippen LogP contribution in [0.15, 0.2) is 60.9 Å². The summed E-state index contributed by atoms with van der Waals surface area (Å²) in [7, 11) is 0. The Morgan fingerprint density at radius 1 is 0.739 bits per heavy atom. The molecule has 2 aromatic heterocycles. The molecule has 4 rings (SSSR count). The molecule has 5 heteroatoms. The fourth-order valence-electron chi connectivity index (χ4n) is 2.49. The molecule has 0 saturated heterocycles. The van der Waals surface area contributed by atoms with Crippen molar-refractivity contribution in [2.24, 2.45) is 0 Å². The van der Waals surface area contributed by atoms with E-state index in [-0.39, 0.29) is 21.1 Å². The van der Waals surface area contributed by atoms with Gasteiger partial charge < -0.3 is 16.6 Å². The van der Waals surface area contributed by atoms with E-state index >= 15 is 0 Å². The molecule has 0 saturated carbocycles. The van der Waals surface area contributed by atoms with Crippen molar-refractivity contribution in [3.05, 3.63) is 67.5 Å². The molecular formula is C18H11N3OPt. The second-order valence-corrected chi connectivity index (χ2v) is 4.38. The maximum Gasteiger partial charge on any atom is 2.00 e. The van der Waals surface area contributed by atoms with Crippen molar-refractivity contribution < 1.29 is 25.9 Å². The molecule has 23 heavy (non-hydrogen) atoms. The van der Waals surface area contributed by atoms with Crippen LogP contribution in [0.3, 0.4) is 0 Å². The SMILES string of the molecule is [C-]#N.[CH-]=O.[Pt+2].c1cnc2c(c1)ccc1ccc3cccnc3c12. The molecule has 0 spiro atoms. The Morgan fingerprint density at radius 2 is 1.13 bits per heavy atom. The maximum absolute atomic E-state index is 7.75. The molecule has 4 aromatic rings. The minimum Gasteiger partial charge on any atom is -0.545 e. The molecule has 0 atom stereocenters. The van der Waals surface area contributed by atoms with Crippen molar-refractivity contribution in [3.63, 3.8) is 0 Å². The summed E-state index contributed by atoms with van der Waals surface area (Å²) < 4.78 is 0. The summed E-state index contributed by atoms with van der Waals surface area (Å²) in [6.45, 7) is 8.00. The standard InChI is InChI=1S/C16H10N2.CN.CHO.Pt/c1-3-12-7-5-11-6-8-13-4-2-10-18-16(13)14(11)15(12)17-9-1;2*1-2;/h1-10H;;1H;/q;2*-1;+2. The second-order valence-electron chi connectivity index (χ2n) is 4.38. The van der Waals surface area contributed by atoms with Crippen LogP contribution in [0.25, 0.3) is 32.6 Å². The molecule has 4 nitrogen and oxygen atoms in total. The van der Waals surface area contributed by atoms with Crippen LogP contribution in [-0.4, -0.2) is 16.8 Å². The maximum atomic E-state index is 7.75. The number of rotatable bonds is 0. The van der Waals surface area contributed by atoms with Crippen molar-refractivity contribution in [1.29, 1.82) is 5.26 Å². The summed E-state index contributed by atoms with van der Waals surface area (Å²) in [5.41, 5.74) is 2.05. The van der Waals surface area contributed by atoms with Crippen molar-refractivity contribution in [3.8, 4) is 0 Å². The topological polar surface area (TPSA) is 66.6 Å². The fourth-order valence-corrected chi connectivity index (χ4v) is 2.49. The van der Waals surface area contributed by atoms with Gasteiger partial charge in [0.05, 0.1) is 11.0 Å². The van der Waals surface area contributed by atoms with Crippen LogP contribution in [0.4, 0.5) is 0 Å². The summed E-state index contributed by atoms with van der Waals surface area (Å²) in [4.78, 5) is 16.8. The quantitative estimate of drug-likeness (QED) is 0.219. The molecule has 0 N–H and O–H groups in total. The summed E-state index contributed by atoms with van der Waals surface area (Å²) in [5, 5.41) is 10.9. The number of hydrogen-bond acceptors (Lipinski definition) is 4. The summed E-state index contributed by atoms with van der Waals surface area (Å²) in [5.74, 6) is 0. The summed E-state index contributed by atoms with van der Waals surface area (Å²) in [6.07, 6.45) is 3.67. The molecule has 114 valence electrons. The first-order chi connectivity index (χ1) is 10.9. The van der Waals surface area contributed by atoms with E-state index in [0.29, 0.717) is 0 Å². The van der Waals surface area contributed by atoms with Gasteiger partial charge >= 0.3 is 21.1 Å². The molecule has 0 fully saturated rings. The Hall–Kier alpha value is -2.63. The van der Waals surface area contributed by atoms with Gasteiger partial charge in [0.1, 0.15) is 0 Å². The Bertz CT molecular complexity index is 883. The van der Waals surface area contributed by atoms with Gasteiger partial charge in [0.2, 0.25) is 0 Å². The van der Waals surface area contributed by atoms with E-state index in [0.717, 1.165) is 27.2 Å². The summed E-state index contributed by atoms with van der Waals surface area (Å²) in [6, 6.07) is 16.6. The zero-order chi connectivity index (χ0) is 15.9. The van der Waals surface area contributed by atoms with Gasteiger partial charge in [-0.15, -0.1) is 0 Å². The van der Waals surface area contributed by atoms with E-state index in [1.807, 2.05) is 24.5 Å². The van der Waals surface area contributed by atoms with Gasteiger partial charge in [0.15, 0.2) is 0 Å². The van der Waals surface area contributed by atoms with Crippen LogP contribution in [0.2, 0.25) is 0 Å². The number of nitrogens with zero attached hydrogens (tertiary/aromatic N) is 3. The largest absolute Gasteiger partial charge is 2.00 e. The Morgan fingerprint density at radius 3 is 1.57 bits per heavy atom. The first-order valence-electron chi connectivity index (χ1n) is 6.40. The van der Waals surface area contributed by atoms with Crippen LogP contribution in [0.1, 0.15) is 0 Å². The predicted octanol–water partition coefficient (Wildman–Crippen LogP) is 3.76. The van der Waals surface area contributed by atoms with Gasteiger partial charge in [-0.3, -0.25) is 16.8 Å². The van der Waals surface area contributed by atoms with Gasteiger partial charge in [-0.2, -0.15) is 0 Å². The number of pyridine rings is 2. The smallest absolute Gasteiger partial charge is 0.545 e. The zero-order valence-corrected chi connectivity index (χ0v) is 14.2. The third kappa shape index (κ3) is 3.41. The Labute approximate surface area is 148 Å². The predicted molar refractivity (Wildman–Crippen MR) is 86.3 cm³/mol. The third-order valence-corrected chi connectivity index (χ3v) is 3.33. The van der Waals surface area contributed by atoms with Gasteiger partial charge in [0, 0.05) is 28.6 Å². The summed E-state index contributed by atoms with van der Waals surface area (Å²) >= 11 is 0. The number of benzene rings is 2. The molecule has 2 aromatic carbocycles. The number of carbonyl (C=O) groups excluding carboxylic acids is 1. The number of fused-ring (bicyclic) bond motifs is 5.